The average molecular weight is 287 g/mol. The van der Waals surface area contributed by atoms with Crippen molar-refractivity contribution in [1.29, 1.82) is 0 Å². The third kappa shape index (κ3) is 3.09. The number of ether oxygens (including phenoxy) is 3. The lowest BCUT2D eigenvalue weighted by atomic mass is 10.0. The molecule has 2 atom stereocenters. The van der Waals surface area contributed by atoms with Gasteiger partial charge in [-0.1, -0.05) is 0 Å². The first-order valence-corrected chi connectivity index (χ1v) is 5.72. The van der Waals surface area contributed by atoms with Gasteiger partial charge in [0, 0.05) is 4.92 Å². The second-order valence-corrected chi connectivity index (χ2v) is 3.94. The van der Waals surface area contributed by atoms with Gasteiger partial charge in [-0.25, -0.2) is 0 Å². The second kappa shape index (κ2) is 6.92. The standard InChI is InChI=1S/C12H17NO7/c1-18-9-4-7(5-10(19-2)12(9)20-3)11(15)8(6-14)13(16)17/h4-5,8,11,14-15H,6H2,1-3H3. The molecule has 0 aliphatic heterocycles. The van der Waals surface area contributed by atoms with Crippen molar-refractivity contribution in [3.8, 4) is 17.2 Å². The van der Waals surface area contributed by atoms with E-state index in [4.69, 9.17) is 19.3 Å². The molecule has 0 bridgehead atoms. The van der Waals surface area contributed by atoms with Crippen LogP contribution in [0.3, 0.4) is 0 Å². The monoisotopic (exact) mass is 287 g/mol. The number of nitro groups is 1. The number of nitrogens with zero attached hydrogens (tertiary/aromatic N) is 1. The zero-order valence-electron chi connectivity index (χ0n) is 11.4. The lowest BCUT2D eigenvalue weighted by Crippen LogP contribution is -2.31. The van der Waals surface area contributed by atoms with Crippen LogP contribution in [0.2, 0.25) is 0 Å². The van der Waals surface area contributed by atoms with Crippen molar-refractivity contribution in [2.24, 2.45) is 0 Å². The van der Waals surface area contributed by atoms with Gasteiger partial charge >= 0.3 is 0 Å². The summed E-state index contributed by atoms with van der Waals surface area (Å²) in [5.74, 6) is 0.842. The molecule has 0 spiro atoms. The van der Waals surface area contributed by atoms with E-state index in [1.54, 1.807) is 0 Å². The van der Waals surface area contributed by atoms with Crippen LogP contribution in [0.4, 0.5) is 0 Å². The summed E-state index contributed by atoms with van der Waals surface area (Å²) in [6, 6.07) is 1.27. The Morgan fingerprint density at radius 1 is 1.20 bits per heavy atom. The van der Waals surface area contributed by atoms with Crippen molar-refractivity contribution < 1.29 is 29.3 Å². The quantitative estimate of drug-likeness (QED) is 0.551. The number of aliphatic hydroxyl groups is 2. The first kappa shape index (κ1) is 16.0. The fraction of sp³-hybridized carbons (Fsp3) is 0.500. The van der Waals surface area contributed by atoms with Gasteiger partial charge in [-0.3, -0.25) is 10.1 Å². The van der Waals surface area contributed by atoms with Crippen LogP contribution in [0.5, 0.6) is 17.2 Å². The number of aliphatic hydroxyl groups excluding tert-OH is 2. The molecule has 20 heavy (non-hydrogen) atoms. The molecule has 0 aliphatic carbocycles. The van der Waals surface area contributed by atoms with Crippen molar-refractivity contribution in [3.63, 3.8) is 0 Å². The Morgan fingerprint density at radius 3 is 2.00 bits per heavy atom. The Labute approximate surface area is 115 Å². The maximum absolute atomic E-state index is 10.8. The van der Waals surface area contributed by atoms with Crippen LogP contribution in [0, 0.1) is 10.1 Å². The van der Waals surface area contributed by atoms with E-state index < -0.39 is 23.7 Å². The van der Waals surface area contributed by atoms with Crippen LogP contribution in [0.15, 0.2) is 12.1 Å². The molecule has 8 nitrogen and oxygen atoms in total. The molecule has 8 heteroatoms. The molecule has 2 N–H and O–H groups in total. The Kier molecular flexibility index (Phi) is 5.53. The molecular formula is C12H17NO7. The summed E-state index contributed by atoms with van der Waals surface area (Å²) in [6.45, 7) is -0.787. The third-order valence-electron chi connectivity index (χ3n) is 2.85. The molecule has 112 valence electrons. The van der Waals surface area contributed by atoms with Gasteiger partial charge in [0.15, 0.2) is 11.5 Å². The first-order chi connectivity index (χ1) is 9.49. The molecular weight excluding hydrogens is 270 g/mol. The normalized spacial score (nSPS) is 13.4. The van der Waals surface area contributed by atoms with E-state index in [1.807, 2.05) is 0 Å². The van der Waals surface area contributed by atoms with Crippen molar-refractivity contribution in [1.82, 2.24) is 0 Å². The fourth-order valence-electron chi connectivity index (χ4n) is 1.78. The van der Waals surface area contributed by atoms with Gasteiger partial charge in [0.1, 0.15) is 12.7 Å². The smallest absolute Gasteiger partial charge is 0.265 e. The highest BCUT2D eigenvalue weighted by molar-refractivity contribution is 5.54. The van der Waals surface area contributed by atoms with Gasteiger partial charge in [0.25, 0.3) is 6.04 Å². The summed E-state index contributed by atoms with van der Waals surface area (Å²) in [7, 11) is 4.21. The van der Waals surface area contributed by atoms with Gasteiger partial charge < -0.3 is 24.4 Å². The number of benzene rings is 1. The Bertz CT molecular complexity index is 452. The molecule has 0 aromatic heterocycles. The number of hydrogen-bond donors (Lipinski definition) is 2. The van der Waals surface area contributed by atoms with Gasteiger partial charge in [0.2, 0.25) is 5.75 Å². The molecule has 0 amide bonds. The molecule has 2 unspecified atom stereocenters. The van der Waals surface area contributed by atoms with Crippen LogP contribution in [-0.2, 0) is 0 Å². The van der Waals surface area contributed by atoms with E-state index in [9.17, 15) is 15.2 Å². The van der Waals surface area contributed by atoms with Crippen molar-refractivity contribution in [2.45, 2.75) is 12.1 Å². The Balaban J connectivity index is 3.28. The van der Waals surface area contributed by atoms with Crippen LogP contribution >= 0.6 is 0 Å². The van der Waals surface area contributed by atoms with E-state index in [1.165, 1.54) is 33.5 Å². The molecule has 0 radical (unpaired) electrons. The fourth-order valence-corrected chi connectivity index (χ4v) is 1.78. The maximum Gasteiger partial charge on any atom is 0.265 e. The van der Waals surface area contributed by atoms with Gasteiger partial charge in [-0.15, -0.1) is 0 Å². The predicted octanol–water partition coefficient (Wildman–Crippen LogP) is 0.383. The van der Waals surface area contributed by atoms with E-state index in [-0.39, 0.29) is 17.1 Å². The zero-order valence-corrected chi connectivity index (χ0v) is 11.4. The summed E-state index contributed by atoms with van der Waals surface area (Å²) in [4.78, 5) is 10.0. The summed E-state index contributed by atoms with van der Waals surface area (Å²) in [6.07, 6.45) is -1.50. The topological polar surface area (TPSA) is 111 Å². The van der Waals surface area contributed by atoms with Gasteiger partial charge in [0.05, 0.1) is 21.3 Å². The average Bonchev–Trinajstić information content (AvgIpc) is 2.45. The van der Waals surface area contributed by atoms with Gasteiger partial charge in [-0.05, 0) is 17.7 Å². The number of methoxy groups -OCH3 is 3. The molecule has 1 aromatic carbocycles. The summed E-state index contributed by atoms with van der Waals surface area (Å²) < 4.78 is 15.3. The molecule has 0 heterocycles. The second-order valence-electron chi connectivity index (χ2n) is 3.94. The minimum absolute atomic E-state index is 0.190. The lowest BCUT2D eigenvalue weighted by molar-refractivity contribution is -0.539. The molecule has 1 rings (SSSR count). The van der Waals surface area contributed by atoms with Crippen LogP contribution < -0.4 is 14.2 Å². The minimum atomic E-state index is -1.53. The van der Waals surface area contributed by atoms with Crippen LogP contribution in [0.25, 0.3) is 0 Å². The summed E-state index contributed by atoms with van der Waals surface area (Å²) in [5, 5.41) is 29.8. The number of hydrogen-bond acceptors (Lipinski definition) is 7. The summed E-state index contributed by atoms with van der Waals surface area (Å²) >= 11 is 0. The summed E-state index contributed by atoms with van der Waals surface area (Å²) in [5.41, 5.74) is 0.190. The minimum Gasteiger partial charge on any atom is -0.493 e. The highest BCUT2D eigenvalue weighted by atomic mass is 16.6. The molecule has 0 fully saturated rings. The van der Waals surface area contributed by atoms with Gasteiger partial charge in [-0.2, -0.15) is 0 Å². The first-order valence-electron chi connectivity index (χ1n) is 5.72. The van der Waals surface area contributed by atoms with E-state index >= 15 is 0 Å². The highest BCUT2D eigenvalue weighted by Gasteiger charge is 2.32. The molecule has 0 saturated carbocycles. The van der Waals surface area contributed by atoms with E-state index in [0.717, 1.165) is 0 Å². The molecule has 0 saturated heterocycles. The van der Waals surface area contributed by atoms with Crippen molar-refractivity contribution >= 4 is 0 Å². The van der Waals surface area contributed by atoms with Crippen LogP contribution in [0.1, 0.15) is 11.7 Å². The van der Waals surface area contributed by atoms with E-state index in [2.05, 4.69) is 0 Å². The molecule has 0 aliphatic rings. The maximum atomic E-state index is 10.8. The largest absolute Gasteiger partial charge is 0.493 e. The van der Waals surface area contributed by atoms with Crippen LogP contribution in [-0.4, -0.2) is 49.1 Å². The van der Waals surface area contributed by atoms with E-state index in [0.29, 0.717) is 5.75 Å². The number of rotatable bonds is 7. The van der Waals surface area contributed by atoms with Crippen molar-refractivity contribution in [2.75, 3.05) is 27.9 Å². The third-order valence-corrected chi connectivity index (χ3v) is 2.85. The SMILES string of the molecule is COc1cc(C(O)C(CO)[N+](=O)[O-])cc(OC)c1OC. The molecule has 1 aromatic rings. The highest BCUT2D eigenvalue weighted by Crippen LogP contribution is 2.40. The Morgan fingerprint density at radius 2 is 1.70 bits per heavy atom. The predicted molar refractivity (Wildman–Crippen MR) is 68.9 cm³/mol. The van der Waals surface area contributed by atoms with Crippen molar-refractivity contribution in [3.05, 3.63) is 27.8 Å². The Hall–Kier alpha value is -2.06. The lowest BCUT2D eigenvalue weighted by Gasteiger charge is -2.18. The zero-order chi connectivity index (χ0) is 15.3.